The van der Waals surface area contributed by atoms with Crippen LogP contribution in [0.1, 0.15) is 53.4 Å². The van der Waals surface area contributed by atoms with Gasteiger partial charge in [-0.15, -0.1) is 0 Å². The monoisotopic (exact) mass is 270 g/mol. The lowest BCUT2D eigenvalue weighted by Gasteiger charge is -2.35. The molecule has 0 bridgehead atoms. The third-order valence-corrected chi connectivity index (χ3v) is 3.98. The summed E-state index contributed by atoms with van der Waals surface area (Å²) in [6.07, 6.45) is 3.07. The Balaban J connectivity index is 2.45. The Kier molecular flexibility index (Phi) is 5.81. The van der Waals surface area contributed by atoms with Crippen LogP contribution in [0.3, 0.4) is 0 Å². The van der Waals surface area contributed by atoms with E-state index in [4.69, 9.17) is 0 Å². The molecule has 0 aromatic heterocycles. The molecule has 0 spiro atoms. The van der Waals surface area contributed by atoms with Crippen LogP contribution in [0.5, 0.6) is 0 Å². The summed E-state index contributed by atoms with van der Waals surface area (Å²) >= 11 is 0. The summed E-state index contributed by atoms with van der Waals surface area (Å²) in [7, 11) is 0. The summed E-state index contributed by atoms with van der Waals surface area (Å²) in [5, 5.41) is 16.2. The molecule has 1 fully saturated rings. The first kappa shape index (κ1) is 16.4. The molecule has 4 heteroatoms. The third kappa shape index (κ3) is 5.11. The number of nitrogens with one attached hydrogen (secondary N) is 2. The van der Waals surface area contributed by atoms with Crippen LogP contribution >= 0.6 is 0 Å². The van der Waals surface area contributed by atoms with Gasteiger partial charge in [0.05, 0.1) is 11.5 Å². The van der Waals surface area contributed by atoms with Crippen molar-refractivity contribution < 1.29 is 9.90 Å². The zero-order chi connectivity index (χ0) is 14.5. The van der Waals surface area contributed by atoms with Crippen LogP contribution in [-0.2, 0) is 4.79 Å². The molecule has 2 atom stereocenters. The van der Waals surface area contributed by atoms with Gasteiger partial charge in [0.2, 0.25) is 5.91 Å². The number of carbonyl (C=O) groups is 1. The molecule has 2 unspecified atom stereocenters. The molecule has 0 radical (unpaired) electrons. The van der Waals surface area contributed by atoms with Crippen LogP contribution in [0.4, 0.5) is 0 Å². The molecule has 1 heterocycles. The zero-order valence-corrected chi connectivity index (χ0v) is 12.9. The highest BCUT2D eigenvalue weighted by Gasteiger charge is 2.37. The Labute approximate surface area is 117 Å². The minimum atomic E-state index is -0.464. The summed E-state index contributed by atoms with van der Waals surface area (Å²) in [6.45, 7) is 10.5. The first-order valence-electron chi connectivity index (χ1n) is 7.46. The van der Waals surface area contributed by atoms with Crippen molar-refractivity contribution in [2.75, 3.05) is 19.6 Å². The van der Waals surface area contributed by atoms with Gasteiger partial charge in [0, 0.05) is 13.1 Å². The largest absolute Gasteiger partial charge is 0.391 e. The number of rotatable bonds is 5. The minimum absolute atomic E-state index is 0.0823. The zero-order valence-electron chi connectivity index (χ0n) is 12.9. The number of hydrogen-bond donors (Lipinski definition) is 3. The maximum atomic E-state index is 12.4. The molecule has 1 saturated heterocycles. The average molecular weight is 270 g/mol. The fraction of sp³-hybridized carbons (Fsp3) is 0.933. The lowest BCUT2D eigenvalue weighted by Crippen LogP contribution is -2.51. The Morgan fingerprint density at radius 1 is 1.47 bits per heavy atom. The summed E-state index contributed by atoms with van der Waals surface area (Å²) in [5.41, 5.74) is -0.196. The van der Waals surface area contributed by atoms with E-state index in [9.17, 15) is 9.90 Å². The number of aliphatic hydroxyl groups excluding tert-OH is 1. The molecule has 0 aromatic carbocycles. The molecule has 1 aliphatic heterocycles. The minimum Gasteiger partial charge on any atom is -0.391 e. The highest BCUT2D eigenvalue weighted by molar-refractivity contribution is 5.83. The second-order valence-electron chi connectivity index (χ2n) is 7.04. The van der Waals surface area contributed by atoms with Crippen molar-refractivity contribution in [1.82, 2.24) is 10.6 Å². The van der Waals surface area contributed by atoms with E-state index in [0.717, 1.165) is 32.4 Å². The maximum Gasteiger partial charge on any atom is 0.227 e. The number of piperidine rings is 1. The first-order valence-corrected chi connectivity index (χ1v) is 7.46. The summed E-state index contributed by atoms with van der Waals surface area (Å²) in [4.78, 5) is 12.4. The van der Waals surface area contributed by atoms with E-state index in [1.807, 2.05) is 0 Å². The molecule has 0 aliphatic carbocycles. The fourth-order valence-corrected chi connectivity index (χ4v) is 2.80. The van der Waals surface area contributed by atoms with Gasteiger partial charge in [-0.25, -0.2) is 0 Å². The van der Waals surface area contributed by atoms with E-state index in [0.29, 0.717) is 13.0 Å². The molecule has 1 rings (SSSR count). The lowest BCUT2D eigenvalue weighted by molar-refractivity contribution is -0.132. The van der Waals surface area contributed by atoms with E-state index in [1.54, 1.807) is 0 Å². The maximum absolute atomic E-state index is 12.4. The second-order valence-corrected chi connectivity index (χ2v) is 7.04. The van der Waals surface area contributed by atoms with Gasteiger partial charge >= 0.3 is 0 Å². The lowest BCUT2D eigenvalue weighted by atomic mass is 9.77. The fourth-order valence-electron chi connectivity index (χ4n) is 2.80. The van der Waals surface area contributed by atoms with Crippen molar-refractivity contribution in [3.63, 3.8) is 0 Å². The van der Waals surface area contributed by atoms with Gasteiger partial charge in [-0.3, -0.25) is 4.79 Å². The van der Waals surface area contributed by atoms with Crippen molar-refractivity contribution in [3.05, 3.63) is 0 Å². The Morgan fingerprint density at radius 3 is 2.63 bits per heavy atom. The average Bonchev–Trinajstić information content (AvgIpc) is 2.34. The SMILES string of the molecule is CCC1(C(=O)NCC(O)CC(C)(C)C)CCCNC1. The van der Waals surface area contributed by atoms with Crippen molar-refractivity contribution in [3.8, 4) is 0 Å². The molecule has 0 saturated carbocycles. The molecule has 112 valence electrons. The smallest absolute Gasteiger partial charge is 0.227 e. The molecule has 4 nitrogen and oxygen atoms in total. The van der Waals surface area contributed by atoms with Gasteiger partial charge < -0.3 is 15.7 Å². The van der Waals surface area contributed by atoms with Crippen molar-refractivity contribution >= 4 is 5.91 Å². The van der Waals surface area contributed by atoms with Gasteiger partial charge in [0.1, 0.15) is 0 Å². The molecule has 1 amide bonds. The normalized spacial score (nSPS) is 25.9. The molecule has 0 aromatic rings. The van der Waals surface area contributed by atoms with Gasteiger partial charge in [-0.05, 0) is 37.6 Å². The second kappa shape index (κ2) is 6.71. The number of aliphatic hydroxyl groups is 1. The summed E-state index contributed by atoms with van der Waals surface area (Å²) < 4.78 is 0. The van der Waals surface area contributed by atoms with Crippen molar-refractivity contribution in [1.29, 1.82) is 0 Å². The van der Waals surface area contributed by atoms with E-state index < -0.39 is 6.10 Å². The van der Waals surface area contributed by atoms with Crippen LogP contribution < -0.4 is 10.6 Å². The molecule has 1 aliphatic rings. The van der Waals surface area contributed by atoms with Gasteiger partial charge in [-0.2, -0.15) is 0 Å². The first-order chi connectivity index (χ1) is 8.79. The van der Waals surface area contributed by atoms with Gasteiger partial charge in [0.25, 0.3) is 0 Å². The molecular formula is C15H30N2O2. The van der Waals surface area contributed by atoms with Crippen molar-refractivity contribution in [2.24, 2.45) is 10.8 Å². The number of carbonyl (C=O) groups excluding carboxylic acids is 1. The molecule has 3 N–H and O–H groups in total. The van der Waals surface area contributed by atoms with E-state index in [1.165, 1.54) is 0 Å². The standard InChI is InChI=1S/C15H30N2O2/c1-5-15(7-6-8-16-11-15)13(19)17-10-12(18)9-14(2,3)4/h12,16,18H,5-11H2,1-4H3,(H,17,19). The Bertz CT molecular complexity index is 291. The summed E-state index contributed by atoms with van der Waals surface area (Å²) in [6, 6.07) is 0. The quantitative estimate of drug-likeness (QED) is 0.712. The highest BCUT2D eigenvalue weighted by atomic mass is 16.3. The molecule has 19 heavy (non-hydrogen) atoms. The van der Waals surface area contributed by atoms with E-state index in [2.05, 4.69) is 38.3 Å². The highest BCUT2D eigenvalue weighted by Crippen LogP contribution is 2.30. The van der Waals surface area contributed by atoms with Gasteiger partial charge in [-0.1, -0.05) is 27.7 Å². The van der Waals surface area contributed by atoms with Crippen LogP contribution in [-0.4, -0.2) is 36.8 Å². The number of hydrogen-bond acceptors (Lipinski definition) is 3. The number of amides is 1. The van der Waals surface area contributed by atoms with E-state index in [-0.39, 0.29) is 16.7 Å². The Morgan fingerprint density at radius 2 is 2.16 bits per heavy atom. The third-order valence-electron chi connectivity index (χ3n) is 3.98. The predicted octanol–water partition coefficient (Wildman–Crippen LogP) is 1.68. The Hall–Kier alpha value is -0.610. The summed E-state index contributed by atoms with van der Waals surface area (Å²) in [5.74, 6) is 0.0927. The van der Waals surface area contributed by atoms with Crippen LogP contribution in [0.25, 0.3) is 0 Å². The topological polar surface area (TPSA) is 61.4 Å². The van der Waals surface area contributed by atoms with E-state index >= 15 is 0 Å². The van der Waals surface area contributed by atoms with Crippen LogP contribution in [0.2, 0.25) is 0 Å². The van der Waals surface area contributed by atoms with Crippen LogP contribution in [0.15, 0.2) is 0 Å². The predicted molar refractivity (Wildman–Crippen MR) is 77.9 cm³/mol. The van der Waals surface area contributed by atoms with Crippen LogP contribution in [0, 0.1) is 10.8 Å². The molecular weight excluding hydrogens is 240 g/mol. The van der Waals surface area contributed by atoms with Gasteiger partial charge in [0.15, 0.2) is 0 Å². The van der Waals surface area contributed by atoms with Crippen molar-refractivity contribution in [2.45, 2.75) is 59.5 Å².